The lowest BCUT2D eigenvalue weighted by Gasteiger charge is -2.35. The Kier molecular flexibility index (Phi) is 4.39. The highest BCUT2D eigenvalue weighted by atomic mass is 16.5. The zero-order valence-electron chi connectivity index (χ0n) is 14.6. The maximum absolute atomic E-state index is 12.9. The summed E-state index contributed by atoms with van der Waals surface area (Å²) in [7, 11) is 1.58. The molecule has 1 fully saturated rings. The van der Waals surface area contributed by atoms with Crippen molar-refractivity contribution in [1.29, 1.82) is 0 Å². The Labute approximate surface area is 152 Å². The lowest BCUT2D eigenvalue weighted by atomic mass is 10.1. The Morgan fingerprint density at radius 3 is 2.54 bits per heavy atom. The summed E-state index contributed by atoms with van der Waals surface area (Å²) in [5.41, 5.74) is 0.423. The van der Waals surface area contributed by atoms with Gasteiger partial charge < -0.3 is 14.5 Å². The number of hydrogen-bond donors (Lipinski definition) is 0. The molecule has 1 amide bonds. The molecule has 3 heterocycles. The van der Waals surface area contributed by atoms with Crippen LogP contribution in [0.3, 0.4) is 0 Å². The molecule has 0 bridgehead atoms. The van der Waals surface area contributed by atoms with Crippen molar-refractivity contribution < 1.29 is 9.53 Å². The van der Waals surface area contributed by atoms with Gasteiger partial charge in [0.25, 0.3) is 5.91 Å². The fraction of sp³-hybridized carbons (Fsp3) is 0.250. The zero-order chi connectivity index (χ0) is 17.9. The molecule has 132 valence electrons. The van der Waals surface area contributed by atoms with Gasteiger partial charge in [-0.1, -0.05) is 24.3 Å². The van der Waals surface area contributed by atoms with Crippen molar-refractivity contribution in [3.8, 4) is 5.88 Å². The second-order valence-electron chi connectivity index (χ2n) is 6.21. The molecule has 0 saturated carbocycles. The van der Waals surface area contributed by atoms with E-state index in [2.05, 4.69) is 14.9 Å². The molecule has 0 unspecified atom stereocenters. The number of carbonyl (C=O) groups excluding carboxylic acids is 1. The van der Waals surface area contributed by atoms with Gasteiger partial charge in [0.1, 0.15) is 11.5 Å². The molecular formula is C20H20N4O2. The van der Waals surface area contributed by atoms with Gasteiger partial charge in [-0.3, -0.25) is 4.79 Å². The van der Waals surface area contributed by atoms with Crippen LogP contribution in [0.4, 0.5) is 5.82 Å². The summed E-state index contributed by atoms with van der Waals surface area (Å²) in [5.74, 6) is 1.37. The highest BCUT2D eigenvalue weighted by molar-refractivity contribution is 5.98. The molecule has 1 aliphatic rings. The summed E-state index contributed by atoms with van der Waals surface area (Å²) < 4.78 is 5.38. The van der Waals surface area contributed by atoms with Gasteiger partial charge in [0.05, 0.1) is 7.11 Å². The number of nitrogens with zero attached hydrogens (tertiary/aromatic N) is 4. The number of benzene rings is 1. The Bertz CT molecular complexity index is 922. The van der Waals surface area contributed by atoms with Crippen molar-refractivity contribution in [3.05, 3.63) is 60.4 Å². The maximum Gasteiger partial charge on any atom is 0.272 e. The smallest absolute Gasteiger partial charge is 0.272 e. The van der Waals surface area contributed by atoms with Crippen molar-refractivity contribution >= 4 is 22.5 Å². The molecule has 3 aromatic rings. The molecule has 6 heteroatoms. The van der Waals surface area contributed by atoms with Crippen LogP contribution in [0.15, 0.2) is 54.7 Å². The molecule has 0 aliphatic carbocycles. The number of ether oxygens (including phenoxy) is 1. The number of anilines is 1. The largest absolute Gasteiger partial charge is 0.481 e. The molecule has 1 aromatic carbocycles. The summed E-state index contributed by atoms with van der Waals surface area (Å²) in [4.78, 5) is 25.8. The van der Waals surface area contributed by atoms with Crippen LogP contribution in [-0.4, -0.2) is 54.1 Å². The number of hydrogen-bond acceptors (Lipinski definition) is 5. The monoisotopic (exact) mass is 348 g/mol. The van der Waals surface area contributed by atoms with E-state index in [0.29, 0.717) is 24.7 Å². The lowest BCUT2D eigenvalue weighted by Crippen LogP contribution is -2.49. The number of carbonyl (C=O) groups is 1. The van der Waals surface area contributed by atoms with Crippen molar-refractivity contribution in [3.63, 3.8) is 0 Å². The first-order valence-electron chi connectivity index (χ1n) is 8.65. The van der Waals surface area contributed by atoms with Crippen molar-refractivity contribution in [2.45, 2.75) is 0 Å². The first-order chi connectivity index (χ1) is 12.8. The maximum atomic E-state index is 12.9. The van der Waals surface area contributed by atoms with E-state index in [0.717, 1.165) is 29.7 Å². The Balaban J connectivity index is 1.53. The molecule has 26 heavy (non-hydrogen) atoms. The summed E-state index contributed by atoms with van der Waals surface area (Å²) in [5, 5.41) is 1.86. The average molecular weight is 348 g/mol. The number of piperazine rings is 1. The van der Waals surface area contributed by atoms with Gasteiger partial charge >= 0.3 is 0 Å². The second kappa shape index (κ2) is 7.00. The van der Waals surface area contributed by atoms with E-state index >= 15 is 0 Å². The van der Waals surface area contributed by atoms with E-state index in [1.54, 1.807) is 13.3 Å². The van der Waals surface area contributed by atoms with Gasteiger partial charge in [0, 0.05) is 37.8 Å². The van der Waals surface area contributed by atoms with Crippen molar-refractivity contribution in [2.75, 3.05) is 38.2 Å². The third-order valence-electron chi connectivity index (χ3n) is 4.66. The Hall–Kier alpha value is -3.15. The van der Waals surface area contributed by atoms with E-state index in [-0.39, 0.29) is 5.91 Å². The number of aromatic nitrogens is 2. The third kappa shape index (κ3) is 3.06. The fourth-order valence-corrected chi connectivity index (χ4v) is 3.27. The number of fused-ring (bicyclic) bond motifs is 1. The molecule has 2 aromatic heterocycles. The Morgan fingerprint density at radius 2 is 1.81 bits per heavy atom. The van der Waals surface area contributed by atoms with E-state index in [1.165, 1.54) is 0 Å². The van der Waals surface area contributed by atoms with E-state index < -0.39 is 0 Å². The first kappa shape index (κ1) is 16.3. The van der Waals surface area contributed by atoms with Crippen LogP contribution in [0.25, 0.3) is 10.8 Å². The van der Waals surface area contributed by atoms with Crippen LogP contribution in [0.5, 0.6) is 5.88 Å². The summed E-state index contributed by atoms with van der Waals surface area (Å²) in [6, 6.07) is 15.5. The molecule has 0 radical (unpaired) electrons. The molecule has 4 rings (SSSR count). The van der Waals surface area contributed by atoms with Crippen molar-refractivity contribution in [1.82, 2.24) is 14.9 Å². The topological polar surface area (TPSA) is 58.6 Å². The zero-order valence-corrected chi connectivity index (χ0v) is 14.6. The van der Waals surface area contributed by atoms with Crippen LogP contribution in [-0.2, 0) is 0 Å². The predicted octanol–water partition coefficient (Wildman–Crippen LogP) is 2.60. The molecule has 0 spiro atoms. The number of rotatable bonds is 3. The van der Waals surface area contributed by atoms with E-state index in [9.17, 15) is 4.79 Å². The molecule has 1 aliphatic heterocycles. The highest BCUT2D eigenvalue weighted by Gasteiger charge is 2.24. The number of methoxy groups -OCH3 is 1. The molecule has 6 nitrogen and oxygen atoms in total. The standard InChI is InChI=1S/C20H20N4O2/c1-26-19-16-7-3-2-6-15(16)14-17(22-19)20(25)24-12-10-23(11-13-24)18-8-4-5-9-21-18/h2-9,14H,10-13H2,1H3. The normalized spacial score (nSPS) is 14.5. The van der Waals surface area contributed by atoms with Gasteiger partial charge in [-0.2, -0.15) is 0 Å². The van der Waals surface area contributed by atoms with Crippen LogP contribution < -0.4 is 9.64 Å². The minimum Gasteiger partial charge on any atom is -0.481 e. The lowest BCUT2D eigenvalue weighted by molar-refractivity contribution is 0.0740. The van der Waals surface area contributed by atoms with Crippen LogP contribution >= 0.6 is 0 Å². The van der Waals surface area contributed by atoms with Gasteiger partial charge in [-0.25, -0.2) is 9.97 Å². The molecule has 0 N–H and O–H groups in total. The van der Waals surface area contributed by atoms with Gasteiger partial charge in [0.2, 0.25) is 5.88 Å². The van der Waals surface area contributed by atoms with Crippen molar-refractivity contribution in [2.24, 2.45) is 0 Å². The number of amides is 1. The van der Waals surface area contributed by atoms with E-state index in [1.807, 2.05) is 53.4 Å². The van der Waals surface area contributed by atoms with Gasteiger partial charge in [-0.05, 0) is 29.7 Å². The molecular weight excluding hydrogens is 328 g/mol. The quantitative estimate of drug-likeness (QED) is 0.728. The summed E-state index contributed by atoms with van der Waals surface area (Å²) in [6.45, 7) is 2.80. The minimum absolute atomic E-state index is 0.0604. The Morgan fingerprint density at radius 1 is 1.04 bits per heavy atom. The van der Waals surface area contributed by atoms with Gasteiger partial charge in [0.15, 0.2) is 0 Å². The molecule has 1 saturated heterocycles. The highest BCUT2D eigenvalue weighted by Crippen LogP contribution is 2.25. The molecule has 0 atom stereocenters. The summed E-state index contributed by atoms with van der Waals surface area (Å²) in [6.07, 6.45) is 1.79. The average Bonchev–Trinajstić information content (AvgIpc) is 2.73. The minimum atomic E-state index is -0.0604. The SMILES string of the molecule is COc1nc(C(=O)N2CCN(c3ccccn3)CC2)cc2ccccc12. The van der Waals surface area contributed by atoms with Crippen LogP contribution in [0, 0.1) is 0 Å². The second-order valence-corrected chi connectivity index (χ2v) is 6.21. The first-order valence-corrected chi connectivity index (χ1v) is 8.65. The van der Waals surface area contributed by atoms with Gasteiger partial charge in [-0.15, -0.1) is 0 Å². The third-order valence-corrected chi connectivity index (χ3v) is 4.66. The predicted molar refractivity (Wildman–Crippen MR) is 101 cm³/mol. The number of pyridine rings is 2. The van der Waals surface area contributed by atoms with Crippen LogP contribution in [0.2, 0.25) is 0 Å². The summed E-state index contributed by atoms with van der Waals surface area (Å²) >= 11 is 0. The van der Waals surface area contributed by atoms with E-state index in [4.69, 9.17) is 4.74 Å². The van der Waals surface area contributed by atoms with Crippen LogP contribution in [0.1, 0.15) is 10.5 Å². The fourth-order valence-electron chi connectivity index (χ4n) is 3.27.